The van der Waals surface area contributed by atoms with E-state index in [0.29, 0.717) is 12.1 Å². The second-order valence-corrected chi connectivity index (χ2v) is 18.7. The van der Waals surface area contributed by atoms with Crippen molar-refractivity contribution in [1.82, 2.24) is 30.2 Å². The molecule has 7 atom stereocenters. The summed E-state index contributed by atoms with van der Waals surface area (Å²) in [5.74, 6) is -1.45. The van der Waals surface area contributed by atoms with E-state index in [9.17, 15) is 62.7 Å². The zero-order valence-corrected chi connectivity index (χ0v) is 34.2. The van der Waals surface area contributed by atoms with Gasteiger partial charge in [0.05, 0.1) is 19.5 Å². The SMILES string of the molecule is CC(C)(COP(=O)(O)OP(=O)(O)OC[C@H]1O[C@@H](n2cnc3c(N)ncnc32)[C@H](O)[C@@H]1OP(=O)(O)O)C(O)C(=O)NCCC(=O)NCCSC(=O)C1=C(N)CCC(=O)C1. The summed E-state index contributed by atoms with van der Waals surface area (Å²) in [6, 6.07) is 0. The zero-order chi connectivity index (χ0) is 43.2. The van der Waals surface area contributed by atoms with Crippen molar-refractivity contribution in [3.05, 3.63) is 23.9 Å². The fourth-order valence-corrected chi connectivity index (χ4v) is 8.98. The number of Topliss-reactive ketones (excluding diaryl/α,β-unsaturated/α-hetero) is 1. The second kappa shape index (κ2) is 19.4. The van der Waals surface area contributed by atoms with Gasteiger partial charge in [-0.1, -0.05) is 25.6 Å². The number of phosphoric ester groups is 3. The number of nitrogens with zero attached hydrogens (tertiary/aromatic N) is 4. The molecular weight excluding hydrogens is 861 g/mol. The summed E-state index contributed by atoms with van der Waals surface area (Å²) in [5.41, 5.74) is 10.7. The number of allylic oxidation sites excluding steroid dienone is 1. The average Bonchev–Trinajstić information content (AvgIpc) is 3.69. The summed E-state index contributed by atoms with van der Waals surface area (Å²) in [5, 5.41) is 26.0. The molecular formula is C28H43N8O18P3S. The molecule has 2 aliphatic rings. The number of thioether (sulfide) groups is 1. The van der Waals surface area contributed by atoms with Crippen LogP contribution >= 0.6 is 35.2 Å². The van der Waals surface area contributed by atoms with Crippen LogP contribution in [0.15, 0.2) is 23.9 Å². The smallest absolute Gasteiger partial charge is 0.402 e. The maximum absolute atomic E-state index is 12.7. The lowest BCUT2D eigenvalue weighted by Crippen LogP contribution is -2.46. The van der Waals surface area contributed by atoms with Crippen molar-refractivity contribution in [2.45, 2.75) is 70.2 Å². The average molecular weight is 905 g/mol. The number of fused-ring (bicyclic) bond motifs is 1. The number of hydrogen-bond donors (Lipinski definition) is 10. The van der Waals surface area contributed by atoms with E-state index in [2.05, 4.69) is 34.4 Å². The molecule has 2 aromatic rings. The molecule has 1 saturated heterocycles. The van der Waals surface area contributed by atoms with Crippen LogP contribution in [0.2, 0.25) is 0 Å². The van der Waals surface area contributed by atoms with Crippen molar-refractivity contribution in [2.24, 2.45) is 11.1 Å². The molecule has 4 rings (SSSR count). The molecule has 0 radical (unpaired) electrons. The van der Waals surface area contributed by atoms with Crippen LogP contribution in [0.5, 0.6) is 0 Å². The molecule has 1 fully saturated rings. The molecule has 30 heteroatoms. The molecule has 0 aromatic carbocycles. The van der Waals surface area contributed by atoms with Gasteiger partial charge in [0.1, 0.15) is 42.0 Å². The van der Waals surface area contributed by atoms with Crippen molar-refractivity contribution < 1.29 is 85.3 Å². The Morgan fingerprint density at radius 2 is 1.74 bits per heavy atom. The number of imidazole rings is 1. The number of phosphoric acid groups is 3. The molecule has 1 aliphatic carbocycles. The predicted octanol–water partition coefficient (Wildman–Crippen LogP) is -1.37. The number of aliphatic hydroxyl groups is 2. The minimum absolute atomic E-state index is 0.0222. The predicted molar refractivity (Wildman–Crippen MR) is 197 cm³/mol. The lowest BCUT2D eigenvalue weighted by atomic mass is 9.87. The van der Waals surface area contributed by atoms with Crippen LogP contribution < -0.4 is 22.1 Å². The Hall–Kier alpha value is -3.23. The maximum Gasteiger partial charge on any atom is 0.481 e. The third-order valence-corrected chi connectivity index (χ3v) is 12.4. The molecule has 0 bridgehead atoms. The van der Waals surface area contributed by atoms with E-state index in [1.54, 1.807) is 0 Å². The van der Waals surface area contributed by atoms with Crippen molar-refractivity contribution >= 4 is 74.9 Å². The van der Waals surface area contributed by atoms with Gasteiger partial charge in [0, 0.05) is 54.8 Å². The first kappa shape index (κ1) is 47.4. The number of nitrogen functional groups attached to an aromatic ring is 1. The van der Waals surface area contributed by atoms with E-state index >= 15 is 0 Å². The highest BCUT2D eigenvalue weighted by Crippen LogP contribution is 2.61. The first-order valence-electron chi connectivity index (χ1n) is 16.9. The summed E-state index contributed by atoms with van der Waals surface area (Å²) in [4.78, 5) is 99.7. The molecule has 2 aromatic heterocycles. The van der Waals surface area contributed by atoms with Gasteiger partial charge in [0.25, 0.3) is 0 Å². The summed E-state index contributed by atoms with van der Waals surface area (Å²) in [6.45, 7) is 0.255. The summed E-state index contributed by atoms with van der Waals surface area (Å²) in [7, 11) is -16.4. The van der Waals surface area contributed by atoms with Gasteiger partial charge >= 0.3 is 23.5 Å². The number of ketones is 1. The molecule has 58 heavy (non-hydrogen) atoms. The van der Waals surface area contributed by atoms with E-state index in [4.69, 9.17) is 25.3 Å². The van der Waals surface area contributed by atoms with Crippen LogP contribution in [0.3, 0.4) is 0 Å². The third kappa shape index (κ3) is 13.1. The number of amides is 2. The largest absolute Gasteiger partial charge is 0.481 e. The number of hydrogen-bond acceptors (Lipinski definition) is 20. The van der Waals surface area contributed by atoms with Crippen molar-refractivity contribution in [1.29, 1.82) is 0 Å². The lowest BCUT2D eigenvalue weighted by Gasteiger charge is -2.30. The Labute approximate surface area is 332 Å². The molecule has 1 aliphatic heterocycles. The van der Waals surface area contributed by atoms with Gasteiger partial charge < -0.3 is 56.6 Å². The van der Waals surface area contributed by atoms with E-state index in [1.165, 1.54) is 13.8 Å². The molecule has 2 amide bonds. The number of carbonyl (C=O) groups is 4. The Bertz CT molecular complexity index is 2050. The number of rotatable bonds is 20. The molecule has 0 spiro atoms. The number of anilines is 1. The van der Waals surface area contributed by atoms with Gasteiger partial charge in [0.15, 0.2) is 17.7 Å². The van der Waals surface area contributed by atoms with Crippen LogP contribution in [-0.2, 0) is 55.5 Å². The third-order valence-electron chi connectivity index (χ3n) is 8.42. The summed E-state index contributed by atoms with van der Waals surface area (Å²) >= 11 is 0.892. The maximum atomic E-state index is 12.7. The Kier molecular flexibility index (Phi) is 15.9. The van der Waals surface area contributed by atoms with Gasteiger partial charge in [-0.2, -0.15) is 4.31 Å². The van der Waals surface area contributed by atoms with Crippen LogP contribution in [0.1, 0.15) is 45.8 Å². The number of ether oxygens (including phenoxy) is 1. The zero-order valence-electron chi connectivity index (χ0n) is 30.7. The van der Waals surface area contributed by atoms with Crippen molar-refractivity contribution in [3.63, 3.8) is 0 Å². The highest BCUT2D eigenvalue weighted by atomic mass is 32.2. The van der Waals surface area contributed by atoms with Crippen LogP contribution in [0, 0.1) is 5.41 Å². The molecule has 0 saturated carbocycles. The molecule has 3 heterocycles. The van der Waals surface area contributed by atoms with Crippen molar-refractivity contribution in [3.8, 4) is 0 Å². The Morgan fingerprint density at radius 1 is 1.05 bits per heavy atom. The number of nitrogens with two attached hydrogens (primary N) is 2. The lowest BCUT2D eigenvalue weighted by molar-refractivity contribution is -0.137. The highest BCUT2D eigenvalue weighted by Gasteiger charge is 2.50. The fourth-order valence-electron chi connectivity index (χ4n) is 5.39. The van der Waals surface area contributed by atoms with E-state index < -0.39 is 84.6 Å². The quantitative estimate of drug-likeness (QED) is 0.0541. The van der Waals surface area contributed by atoms with Gasteiger partial charge in [-0.3, -0.25) is 37.3 Å². The topological polar surface area (TPSA) is 407 Å². The van der Waals surface area contributed by atoms with Crippen LogP contribution in [0.25, 0.3) is 11.2 Å². The number of aliphatic hydroxyl groups excluding tert-OH is 2. The monoisotopic (exact) mass is 904 g/mol. The van der Waals surface area contributed by atoms with E-state index in [1.807, 2.05) is 0 Å². The van der Waals surface area contributed by atoms with Gasteiger partial charge in [-0.25, -0.2) is 28.6 Å². The Balaban J connectivity index is 1.22. The number of aromatic nitrogens is 4. The van der Waals surface area contributed by atoms with Gasteiger partial charge in [-0.15, -0.1) is 0 Å². The van der Waals surface area contributed by atoms with Gasteiger partial charge in [0.2, 0.25) is 16.9 Å². The minimum atomic E-state index is -5.59. The van der Waals surface area contributed by atoms with Crippen molar-refractivity contribution in [2.75, 3.05) is 37.8 Å². The molecule has 3 unspecified atom stereocenters. The first-order valence-corrected chi connectivity index (χ1v) is 22.5. The number of nitrogens with one attached hydrogen (secondary N) is 2. The number of carbonyl (C=O) groups excluding carboxylic acids is 4. The minimum Gasteiger partial charge on any atom is -0.402 e. The molecule has 324 valence electrons. The summed E-state index contributed by atoms with van der Waals surface area (Å²) < 4.78 is 62.1. The molecule has 12 N–H and O–H groups in total. The van der Waals surface area contributed by atoms with E-state index in [0.717, 1.165) is 29.0 Å². The second-order valence-electron chi connectivity index (χ2n) is 13.4. The van der Waals surface area contributed by atoms with E-state index in [-0.39, 0.29) is 71.6 Å². The fraction of sp³-hybridized carbons (Fsp3) is 0.607. The normalized spacial score (nSPS) is 23.0. The van der Waals surface area contributed by atoms with Gasteiger partial charge in [-0.05, 0) is 6.42 Å². The Morgan fingerprint density at radius 3 is 2.43 bits per heavy atom. The van der Waals surface area contributed by atoms with Crippen LogP contribution in [-0.4, -0.2) is 128 Å². The summed E-state index contributed by atoms with van der Waals surface area (Å²) in [6.07, 6.45) is -6.48. The molecule has 26 nitrogen and oxygen atoms in total. The van der Waals surface area contributed by atoms with Crippen LogP contribution in [0.4, 0.5) is 5.82 Å². The highest BCUT2D eigenvalue weighted by molar-refractivity contribution is 8.14. The first-order chi connectivity index (χ1) is 26.9. The standard InChI is InChI=1S/C28H43N8O18P3S/c1-28(2,22(40)25(41)32-6-5-18(38)31-7-8-58-27(42)15-9-14(37)3-4-16(15)29)11-51-57(48,49)54-56(46,47)50-10-17-21(53-55(43,44)45)20(39)26(52-17)36-13-35-19-23(30)33-12-34-24(19)36/h12-13,17,20-22,26,39-40H,3-11,29H2,1-2H3,(H,31,38)(H,32,41)(H,46,47)(H,48,49)(H2,30,33,34)(H2,43,44,45)/t17-,20-,21-,22?,26-/m1/s1.